The first-order valence-electron chi connectivity index (χ1n) is 7.04. The molecule has 0 radical (unpaired) electrons. The van der Waals surface area contributed by atoms with Crippen molar-refractivity contribution in [2.45, 2.75) is 32.6 Å². The summed E-state index contributed by atoms with van der Waals surface area (Å²) in [5, 5.41) is 0. The van der Waals surface area contributed by atoms with Crippen LogP contribution in [0.3, 0.4) is 0 Å². The van der Waals surface area contributed by atoms with Crippen LogP contribution in [0.25, 0.3) is 0 Å². The molecule has 1 saturated heterocycles. The molecule has 0 aliphatic carbocycles. The molecule has 1 unspecified atom stereocenters. The third-order valence-electron chi connectivity index (χ3n) is 3.32. The number of rotatable bonds is 8. The van der Waals surface area contributed by atoms with Crippen LogP contribution in [0.5, 0.6) is 0 Å². The van der Waals surface area contributed by atoms with Crippen LogP contribution in [-0.4, -0.2) is 56.6 Å². The van der Waals surface area contributed by atoms with E-state index >= 15 is 0 Å². The highest BCUT2D eigenvalue weighted by atomic mass is 16.5. The smallest absolute Gasteiger partial charge is 0.306 e. The fourth-order valence-electron chi connectivity index (χ4n) is 2.47. The summed E-state index contributed by atoms with van der Waals surface area (Å²) < 4.78 is 9.98. The average Bonchev–Trinajstić information content (AvgIpc) is 2.38. The first kappa shape index (κ1) is 16.1. The molecule has 0 bridgehead atoms. The van der Waals surface area contributed by atoms with Crippen LogP contribution in [0.15, 0.2) is 0 Å². The van der Waals surface area contributed by atoms with Gasteiger partial charge in [-0.3, -0.25) is 14.5 Å². The Morgan fingerprint density at radius 1 is 1.32 bits per heavy atom. The monoisotopic (exact) mass is 271 g/mol. The van der Waals surface area contributed by atoms with Gasteiger partial charge in [0.05, 0.1) is 26.2 Å². The van der Waals surface area contributed by atoms with E-state index in [4.69, 9.17) is 9.47 Å². The number of methoxy groups -OCH3 is 1. The van der Waals surface area contributed by atoms with Gasteiger partial charge in [0.15, 0.2) is 0 Å². The highest BCUT2D eigenvalue weighted by Crippen LogP contribution is 2.16. The number of likely N-dealkylation sites (tertiary alicyclic amines) is 1. The maximum atomic E-state index is 11.8. The van der Waals surface area contributed by atoms with Crippen LogP contribution in [0.2, 0.25) is 0 Å². The minimum atomic E-state index is -0.285. The zero-order valence-corrected chi connectivity index (χ0v) is 12.0. The van der Waals surface area contributed by atoms with E-state index in [1.807, 2.05) is 0 Å². The van der Waals surface area contributed by atoms with E-state index in [1.165, 1.54) is 6.42 Å². The summed E-state index contributed by atoms with van der Waals surface area (Å²) in [5.41, 5.74) is 0. The molecule has 1 heterocycles. The standard InChI is InChI=1S/C14H25NO4/c1-3-19-14(17)7-6-13(16)10-15-8-4-5-12(9-15)11-18-2/h12H,3-11H2,1-2H3. The quantitative estimate of drug-likeness (QED) is 0.622. The van der Waals surface area contributed by atoms with E-state index in [9.17, 15) is 9.59 Å². The van der Waals surface area contributed by atoms with Gasteiger partial charge in [-0.1, -0.05) is 0 Å². The van der Waals surface area contributed by atoms with Crippen molar-refractivity contribution >= 4 is 11.8 Å². The Bertz CT molecular complexity index is 291. The largest absolute Gasteiger partial charge is 0.466 e. The number of ether oxygens (including phenoxy) is 2. The van der Waals surface area contributed by atoms with Crippen LogP contribution in [0.1, 0.15) is 32.6 Å². The van der Waals surface area contributed by atoms with Gasteiger partial charge >= 0.3 is 5.97 Å². The number of Topliss-reactive ketones (excluding diaryl/α,β-unsaturated/α-hetero) is 1. The van der Waals surface area contributed by atoms with Crippen molar-refractivity contribution in [3.63, 3.8) is 0 Å². The predicted molar refractivity (Wildman–Crippen MR) is 71.9 cm³/mol. The van der Waals surface area contributed by atoms with Crippen molar-refractivity contribution in [2.75, 3.05) is 40.0 Å². The number of hydrogen-bond acceptors (Lipinski definition) is 5. The summed E-state index contributed by atoms with van der Waals surface area (Å²) in [4.78, 5) is 25.1. The molecular weight excluding hydrogens is 246 g/mol. The molecule has 0 N–H and O–H groups in total. The van der Waals surface area contributed by atoms with Gasteiger partial charge < -0.3 is 9.47 Å². The summed E-state index contributed by atoms with van der Waals surface area (Å²) in [7, 11) is 1.71. The topological polar surface area (TPSA) is 55.8 Å². The molecule has 1 rings (SSSR count). The van der Waals surface area contributed by atoms with Crippen molar-refractivity contribution in [1.82, 2.24) is 4.90 Å². The van der Waals surface area contributed by atoms with Crippen molar-refractivity contribution in [3.05, 3.63) is 0 Å². The summed E-state index contributed by atoms with van der Waals surface area (Å²) in [5.74, 6) is 0.356. The molecule has 0 aromatic carbocycles. The van der Waals surface area contributed by atoms with Crippen molar-refractivity contribution < 1.29 is 19.1 Å². The summed E-state index contributed by atoms with van der Waals surface area (Å²) in [6, 6.07) is 0. The minimum absolute atomic E-state index is 0.117. The first-order chi connectivity index (χ1) is 9.15. The lowest BCUT2D eigenvalue weighted by molar-refractivity contribution is -0.144. The molecule has 0 spiro atoms. The van der Waals surface area contributed by atoms with Crippen molar-refractivity contribution in [1.29, 1.82) is 0 Å². The van der Waals surface area contributed by atoms with E-state index < -0.39 is 0 Å². The summed E-state index contributed by atoms with van der Waals surface area (Å²) in [6.45, 7) is 5.22. The van der Waals surface area contributed by atoms with Crippen LogP contribution < -0.4 is 0 Å². The molecule has 19 heavy (non-hydrogen) atoms. The Morgan fingerprint density at radius 2 is 2.11 bits per heavy atom. The summed E-state index contributed by atoms with van der Waals surface area (Å²) in [6.07, 6.45) is 2.76. The van der Waals surface area contributed by atoms with E-state index in [0.717, 1.165) is 26.1 Å². The van der Waals surface area contributed by atoms with E-state index in [1.54, 1.807) is 14.0 Å². The minimum Gasteiger partial charge on any atom is -0.466 e. The zero-order chi connectivity index (χ0) is 14.1. The molecule has 110 valence electrons. The number of carbonyl (C=O) groups excluding carboxylic acids is 2. The Labute approximate surface area is 115 Å². The second-order valence-electron chi connectivity index (χ2n) is 5.04. The lowest BCUT2D eigenvalue weighted by Gasteiger charge is -2.31. The zero-order valence-electron chi connectivity index (χ0n) is 12.0. The fourth-order valence-corrected chi connectivity index (χ4v) is 2.47. The van der Waals surface area contributed by atoms with E-state index in [-0.39, 0.29) is 24.6 Å². The number of piperidine rings is 1. The Morgan fingerprint density at radius 3 is 2.79 bits per heavy atom. The van der Waals surface area contributed by atoms with Crippen LogP contribution in [-0.2, 0) is 19.1 Å². The van der Waals surface area contributed by atoms with Crippen molar-refractivity contribution in [3.8, 4) is 0 Å². The van der Waals surface area contributed by atoms with Gasteiger partial charge in [-0.25, -0.2) is 0 Å². The third-order valence-corrected chi connectivity index (χ3v) is 3.32. The number of nitrogens with zero attached hydrogens (tertiary/aromatic N) is 1. The number of carbonyl (C=O) groups is 2. The maximum absolute atomic E-state index is 11.8. The van der Waals surface area contributed by atoms with Gasteiger partial charge in [-0.15, -0.1) is 0 Å². The van der Waals surface area contributed by atoms with Gasteiger partial charge in [-0.2, -0.15) is 0 Å². The highest BCUT2D eigenvalue weighted by Gasteiger charge is 2.21. The SMILES string of the molecule is CCOC(=O)CCC(=O)CN1CCCC(COC)C1. The Balaban J connectivity index is 2.22. The van der Waals surface area contributed by atoms with Gasteiger partial charge in [0.2, 0.25) is 0 Å². The first-order valence-corrected chi connectivity index (χ1v) is 7.04. The fraction of sp³-hybridized carbons (Fsp3) is 0.857. The average molecular weight is 271 g/mol. The normalized spacial score (nSPS) is 20.2. The molecule has 1 aliphatic rings. The molecule has 0 aromatic heterocycles. The Kier molecular flexibility index (Phi) is 7.67. The van der Waals surface area contributed by atoms with E-state index in [0.29, 0.717) is 19.1 Å². The highest BCUT2D eigenvalue weighted by molar-refractivity contribution is 5.84. The lowest BCUT2D eigenvalue weighted by Crippen LogP contribution is -2.40. The molecule has 0 amide bonds. The van der Waals surface area contributed by atoms with Gasteiger partial charge in [0.1, 0.15) is 5.78 Å². The van der Waals surface area contributed by atoms with Crippen molar-refractivity contribution in [2.24, 2.45) is 5.92 Å². The number of hydrogen-bond donors (Lipinski definition) is 0. The number of ketones is 1. The molecule has 5 heteroatoms. The predicted octanol–water partition coefficient (Wildman–Crippen LogP) is 1.26. The van der Waals surface area contributed by atoms with Gasteiger partial charge in [0.25, 0.3) is 0 Å². The third kappa shape index (κ3) is 6.68. The second-order valence-corrected chi connectivity index (χ2v) is 5.04. The molecule has 1 fully saturated rings. The van der Waals surface area contributed by atoms with Crippen LogP contribution in [0, 0.1) is 5.92 Å². The van der Waals surface area contributed by atoms with E-state index in [2.05, 4.69) is 4.90 Å². The molecular formula is C14H25NO4. The molecule has 5 nitrogen and oxygen atoms in total. The second kappa shape index (κ2) is 9.04. The number of esters is 1. The maximum Gasteiger partial charge on any atom is 0.306 e. The molecule has 1 aliphatic heterocycles. The molecule has 0 aromatic rings. The van der Waals surface area contributed by atoms with Crippen LogP contribution in [0.4, 0.5) is 0 Å². The lowest BCUT2D eigenvalue weighted by atomic mass is 9.98. The van der Waals surface area contributed by atoms with Gasteiger partial charge in [0, 0.05) is 20.1 Å². The van der Waals surface area contributed by atoms with Gasteiger partial charge in [-0.05, 0) is 32.2 Å². The molecule has 0 saturated carbocycles. The Hall–Kier alpha value is -0.940. The molecule has 1 atom stereocenters. The summed E-state index contributed by atoms with van der Waals surface area (Å²) >= 11 is 0. The van der Waals surface area contributed by atoms with Crippen LogP contribution >= 0.6 is 0 Å².